The quantitative estimate of drug-likeness (QED) is 0.103. The average Bonchev–Trinajstić information content (AvgIpc) is 3.31. The SMILES string of the molecule is CC1C=C(C(=O)O)N2C(=O)C(NC(=O)C(=NOCCCNC(=O)CC3(N)CCCCC3)c3nsc(N)n3)[C@H]2S1. The first-order valence-corrected chi connectivity index (χ1v) is 14.4. The smallest absolute Gasteiger partial charge is 0.352 e. The molecule has 1 aromatic rings. The number of nitrogen functional groups attached to an aromatic ring is 1. The maximum atomic E-state index is 13.1. The minimum absolute atomic E-state index is 0.0663. The Morgan fingerprint density at radius 3 is 2.72 bits per heavy atom. The van der Waals surface area contributed by atoms with Gasteiger partial charge in [0.25, 0.3) is 11.8 Å². The van der Waals surface area contributed by atoms with E-state index in [0.29, 0.717) is 13.0 Å². The number of hydrogen-bond acceptors (Lipinski definition) is 12. The highest BCUT2D eigenvalue weighted by molar-refractivity contribution is 8.00. The summed E-state index contributed by atoms with van der Waals surface area (Å²) in [5.74, 6) is -2.70. The van der Waals surface area contributed by atoms with E-state index in [1.165, 1.54) is 17.8 Å². The number of thioether (sulfide) groups is 1. The zero-order valence-corrected chi connectivity index (χ0v) is 23.1. The number of nitrogens with one attached hydrogen (secondary N) is 2. The molecule has 1 saturated heterocycles. The van der Waals surface area contributed by atoms with Crippen molar-refractivity contribution in [3.05, 3.63) is 17.6 Å². The fourth-order valence-electron chi connectivity index (χ4n) is 4.74. The van der Waals surface area contributed by atoms with Gasteiger partial charge in [0.1, 0.15) is 23.7 Å². The summed E-state index contributed by atoms with van der Waals surface area (Å²) >= 11 is 2.22. The topological polar surface area (TPSA) is 215 Å². The number of fused-ring (bicyclic) bond motifs is 1. The molecule has 2 unspecified atom stereocenters. The second kappa shape index (κ2) is 12.3. The van der Waals surface area contributed by atoms with E-state index in [1.807, 2.05) is 6.92 Å². The van der Waals surface area contributed by atoms with Crippen molar-refractivity contribution in [3.8, 4) is 0 Å². The first kappa shape index (κ1) is 28.8. The number of anilines is 1. The zero-order valence-electron chi connectivity index (χ0n) is 21.4. The van der Waals surface area contributed by atoms with E-state index in [2.05, 4.69) is 25.1 Å². The van der Waals surface area contributed by atoms with E-state index in [9.17, 15) is 24.3 Å². The van der Waals surface area contributed by atoms with Gasteiger partial charge >= 0.3 is 5.97 Å². The van der Waals surface area contributed by atoms with Crippen LogP contribution in [0.4, 0.5) is 5.13 Å². The molecule has 7 N–H and O–H groups in total. The van der Waals surface area contributed by atoms with Crippen LogP contribution in [0.25, 0.3) is 0 Å². The van der Waals surface area contributed by atoms with Gasteiger partial charge < -0.3 is 32.0 Å². The molecule has 3 heterocycles. The highest BCUT2D eigenvalue weighted by Gasteiger charge is 2.54. The molecule has 0 radical (unpaired) electrons. The van der Waals surface area contributed by atoms with Crippen LogP contribution in [0.3, 0.4) is 0 Å². The Morgan fingerprint density at radius 2 is 2.05 bits per heavy atom. The first-order chi connectivity index (χ1) is 18.6. The molecule has 3 aliphatic rings. The van der Waals surface area contributed by atoms with Gasteiger partial charge in [0, 0.05) is 41.7 Å². The molecule has 0 aromatic carbocycles. The summed E-state index contributed by atoms with van der Waals surface area (Å²) in [6.07, 6.45) is 7.12. The molecule has 39 heavy (non-hydrogen) atoms. The van der Waals surface area contributed by atoms with E-state index in [0.717, 1.165) is 48.5 Å². The molecule has 4 rings (SSSR count). The highest BCUT2D eigenvalue weighted by atomic mass is 32.2. The number of carbonyl (C=O) groups is 4. The molecule has 3 atom stereocenters. The summed E-state index contributed by atoms with van der Waals surface area (Å²) in [5, 5.41) is 18.1. The van der Waals surface area contributed by atoms with Gasteiger partial charge in [0.05, 0.1) is 0 Å². The number of aliphatic carboxylic acids is 1. The van der Waals surface area contributed by atoms with Crippen LogP contribution in [0.1, 0.15) is 57.7 Å². The normalized spacial score (nSPS) is 24.2. The standard InChI is InChI=1S/C23H32N8O6S2/c1-12-10-13(21(35)36)31-19(34)16(20(31)38-12)27-18(33)15(17-28-22(24)39-30-17)29-37-9-5-8-26-14(32)11-23(25)6-3-2-4-7-23/h10,12,16,20H,2-9,11,25H2,1H3,(H,26,32)(H,27,33)(H,35,36)(H2,24,28,30)/t12?,16?,20-/m1/s1. The molecule has 2 fully saturated rings. The predicted octanol–water partition coefficient (Wildman–Crippen LogP) is 0.156. The molecule has 1 aromatic heterocycles. The number of carbonyl (C=O) groups excluding carboxylic acids is 3. The van der Waals surface area contributed by atoms with Gasteiger partial charge in [-0.1, -0.05) is 24.4 Å². The lowest BCUT2D eigenvalue weighted by Crippen LogP contribution is -2.71. The number of rotatable bonds is 11. The van der Waals surface area contributed by atoms with Crippen LogP contribution >= 0.6 is 23.3 Å². The number of oxime groups is 1. The second-order valence-electron chi connectivity index (χ2n) is 9.78. The predicted molar refractivity (Wildman–Crippen MR) is 144 cm³/mol. The van der Waals surface area contributed by atoms with E-state index in [1.54, 1.807) is 0 Å². The van der Waals surface area contributed by atoms with Crippen molar-refractivity contribution in [2.24, 2.45) is 10.9 Å². The van der Waals surface area contributed by atoms with Crippen molar-refractivity contribution >= 4 is 57.8 Å². The fraction of sp³-hybridized carbons (Fsp3) is 0.609. The molecule has 16 heteroatoms. The fourth-order valence-corrected chi connectivity index (χ4v) is 6.51. The third kappa shape index (κ3) is 6.86. The maximum Gasteiger partial charge on any atom is 0.352 e. The molecule has 2 aliphatic heterocycles. The van der Waals surface area contributed by atoms with Crippen LogP contribution in [0, 0.1) is 0 Å². The molecule has 14 nitrogen and oxygen atoms in total. The van der Waals surface area contributed by atoms with Crippen molar-refractivity contribution in [1.82, 2.24) is 24.9 Å². The number of β-lactam (4-membered cyclic amide) rings is 1. The lowest BCUT2D eigenvalue weighted by Gasteiger charge is -2.49. The van der Waals surface area contributed by atoms with Crippen LogP contribution in [-0.4, -0.2) is 84.1 Å². The molecule has 3 amide bonds. The van der Waals surface area contributed by atoms with Crippen LogP contribution in [0.5, 0.6) is 0 Å². The average molecular weight is 581 g/mol. The Hall–Kier alpha value is -3.24. The number of hydrogen-bond donors (Lipinski definition) is 5. The molecule has 1 aliphatic carbocycles. The van der Waals surface area contributed by atoms with Crippen molar-refractivity contribution in [1.29, 1.82) is 0 Å². The van der Waals surface area contributed by atoms with E-state index < -0.39 is 34.7 Å². The molecule has 212 valence electrons. The Kier molecular flexibility index (Phi) is 9.07. The zero-order chi connectivity index (χ0) is 28.2. The second-order valence-corrected chi connectivity index (χ2v) is 12.1. The highest BCUT2D eigenvalue weighted by Crippen LogP contribution is 2.40. The van der Waals surface area contributed by atoms with Crippen LogP contribution in [0.2, 0.25) is 0 Å². The largest absolute Gasteiger partial charge is 0.477 e. The number of aromatic nitrogens is 2. The van der Waals surface area contributed by atoms with Crippen molar-refractivity contribution in [2.45, 2.75) is 74.1 Å². The van der Waals surface area contributed by atoms with Gasteiger partial charge in [0.15, 0.2) is 5.13 Å². The summed E-state index contributed by atoms with van der Waals surface area (Å²) in [7, 11) is 0. The molecular formula is C23H32N8O6S2. The Balaban J connectivity index is 1.30. The maximum absolute atomic E-state index is 13.1. The van der Waals surface area contributed by atoms with E-state index in [-0.39, 0.29) is 46.5 Å². The van der Waals surface area contributed by atoms with Crippen molar-refractivity contribution in [3.63, 3.8) is 0 Å². The number of amides is 3. The summed E-state index contributed by atoms with van der Waals surface area (Å²) in [4.78, 5) is 60.0. The van der Waals surface area contributed by atoms with Gasteiger partial charge in [-0.2, -0.15) is 9.36 Å². The Morgan fingerprint density at radius 1 is 1.31 bits per heavy atom. The lowest BCUT2D eigenvalue weighted by molar-refractivity contribution is -0.150. The number of carboxylic acid groups (broad SMARTS) is 1. The minimum atomic E-state index is -1.21. The van der Waals surface area contributed by atoms with E-state index in [4.69, 9.17) is 16.3 Å². The van der Waals surface area contributed by atoms with Crippen molar-refractivity contribution in [2.75, 3.05) is 18.9 Å². The summed E-state index contributed by atoms with van der Waals surface area (Å²) in [5.41, 5.74) is 11.2. The van der Waals surface area contributed by atoms with Gasteiger partial charge in [-0.05, 0) is 25.8 Å². The summed E-state index contributed by atoms with van der Waals surface area (Å²) in [6, 6.07) is -0.959. The first-order valence-electron chi connectivity index (χ1n) is 12.7. The van der Waals surface area contributed by atoms with Gasteiger partial charge in [-0.15, -0.1) is 11.8 Å². The van der Waals surface area contributed by atoms with Crippen LogP contribution in [-0.2, 0) is 24.0 Å². The van der Waals surface area contributed by atoms with Crippen LogP contribution in [0.15, 0.2) is 16.9 Å². The van der Waals surface area contributed by atoms with Crippen LogP contribution < -0.4 is 22.1 Å². The summed E-state index contributed by atoms with van der Waals surface area (Å²) in [6.45, 7) is 2.24. The third-order valence-corrected chi connectivity index (χ3v) is 8.55. The van der Waals surface area contributed by atoms with Gasteiger partial charge in [-0.25, -0.2) is 4.79 Å². The number of nitrogens with two attached hydrogens (primary N) is 2. The summed E-state index contributed by atoms with van der Waals surface area (Å²) < 4.78 is 4.01. The van der Waals surface area contributed by atoms with Gasteiger partial charge in [0.2, 0.25) is 17.4 Å². The Labute approximate surface area is 233 Å². The Bertz CT molecular complexity index is 1180. The molecule has 1 saturated carbocycles. The molecule has 0 bridgehead atoms. The molecular weight excluding hydrogens is 548 g/mol. The lowest BCUT2D eigenvalue weighted by atomic mass is 9.80. The van der Waals surface area contributed by atoms with Gasteiger partial charge in [-0.3, -0.25) is 19.3 Å². The minimum Gasteiger partial charge on any atom is -0.477 e. The monoisotopic (exact) mass is 580 g/mol. The van der Waals surface area contributed by atoms with E-state index >= 15 is 0 Å². The number of carboxylic acids is 1. The molecule has 0 spiro atoms. The third-order valence-electron chi connectivity index (χ3n) is 6.68. The number of nitrogens with zero attached hydrogens (tertiary/aromatic N) is 4. The van der Waals surface area contributed by atoms with Crippen molar-refractivity contribution < 1.29 is 29.1 Å².